The molecular weight excluding hydrogens is 1840 g/mol. The Labute approximate surface area is 803 Å². The van der Waals surface area contributed by atoms with Gasteiger partial charge in [0.2, 0.25) is 29.0 Å². The number of aliphatic hydroxyl groups excluding tert-OH is 8. The van der Waals surface area contributed by atoms with E-state index in [9.17, 15) is 154 Å². The molecule has 142 heavy (non-hydrogen) atoms. The Hall–Kier alpha value is -17.3. The van der Waals surface area contributed by atoms with E-state index in [0.29, 0.717) is 92.4 Å². The van der Waals surface area contributed by atoms with Gasteiger partial charge in [-0.3, -0.25) is 67.1 Å². The first-order valence-corrected chi connectivity index (χ1v) is 44.6. The first-order chi connectivity index (χ1) is 67.2. The van der Waals surface area contributed by atoms with Crippen molar-refractivity contribution in [2.75, 3.05) is 5.32 Å². The highest BCUT2D eigenvalue weighted by atomic mass is 16.4. The van der Waals surface area contributed by atoms with Crippen LogP contribution >= 0.6 is 0 Å². The largest absolute Gasteiger partial charge is 0.508 e. The summed E-state index contributed by atoms with van der Waals surface area (Å²) >= 11 is 0. The number of hydrogen-bond acceptors (Lipinski definition) is 32. The molecule has 0 aliphatic heterocycles. The first-order valence-electron chi connectivity index (χ1n) is 44.6. The van der Waals surface area contributed by atoms with Crippen molar-refractivity contribution in [3.63, 3.8) is 0 Å². The van der Waals surface area contributed by atoms with E-state index < -0.39 is 208 Å². The minimum atomic E-state index is -2.60. The van der Waals surface area contributed by atoms with E-state index in [4.69, 9.17) is 28.2 Å². The number of carbonyl (C=O) groups is 14. The Morgan fingerprint density at radius 2 is 0.732 bits per heavy atom. The van der Waals surface area contributed by atoms with E-state index >= 15 is 0 Å². The average molecular weight is 1930 g/mol. The number of aliphatic hydroxyl groups is 12. The van der Waals surface area contributed by atoms with E-state index in [1.807, 2.05) is 6.07 Å². The van der Waals surface area contributed by atoms with E-state index in [-0.39, 0.29) is 156 Å². The molecule has 12 atom stereocenters. The third-order valence-electron chi connectivity index (χ3n) is 28.6. The van der Waals surface area contributed by atoms with Crippen molar-refractivity contribution in [1.82, 2.24) is 0 Å². The second kappa shape index (κ2) is 36.6. The minimum Gasteiger partial charge on any atom is -0.508 e. The van der Waals surface area contributed by atoms with Crippen LogP contribution in [0.4, 0.5) is 5.69 Å². The number of nitrogens with zero attached hydrogens (tertiary/aromatic N) is 1. The van der Waals surface area contributed by atoms with Crippen LogP contribution in [-0.2, 0) is 88.0 Å². The predicted octanol–water partition coefficient (Wildman–Crippen LogP) is 6.95. The standard InChI is InChI=1S/C27H24N2O8.C27H21NO8.C26H21NO8.C25H22N2O7/c1-11(30)29-15-4-2-3-12(8-15)16-5-6-18(31)21-17(16)9-13-7-14-10-19(32)22(26(28)36)25(35)27(14,37)24(34)20(13)23(21)33;28-26(35)22-19(31)11-15-9-14-10-17-13(5-4-12-2-1-3-16(29)8-12)6-7-18(30)21(17)23(32)20(14)24(33)27(15,36)25(22)34;27-25(34)21-18(30)9-14-7-13-8-16-15(12-3-1-11(10-28)2-4-12)5-6-17(29)20(16)22(31)19(13)23(32)26(14,35)24(21)33;26-8-4-2-1-3-5-12-6-7-16(28)19-15(12)10-13-9-14-11-17(29)20(24(27)33)23(32)25(14,34)22(31)18(13)21(19)30/h2-6,8,13-14,31,33,35,37H,7,9-10H2,1H3,(H2,28,36)(H,29,30);1-3,6-8,14-15,29-30,32,34,36H,9-11H2,(H2,28,35);1-6,10,13-14,29,31,33,35H,7-9H2,(H2,27,34);6-7,13-14,28,30,32,34H,1-2,4,9-11H2,(H2,27,33)/t13-,14+,27+;14-,15+,27+;13-,14+,26+;13-,14+,25+/m1111/s1. The molecule has 19 rings (SSSR count). The number of phenolic OH excluding ortho intramolecular Hbond substituents is 5. The monoisotopic (exact) mass is 1930 g/mol. The molecule has 5 amide bonds. The molecule has 0 unspecified atom stereocenters. The number of nitrogens with one attached hydrogen (secondary N) is 1. The Morgan fingerprint density at radius 1 is 0.394 bits per heavy atom. The lowest BCUT2D eigenvalue weighted by Crippen LogP contribution is -2.58. The van der Waals surface area contributed by atoms with Gasteiger partial charge in [0.05, 0.1) is 28.3 Å². The Balaban J connectivity index is 0.000000136. The number of anilines is 1. The van der Waals surface area contributed by atoms with Gasteiger partial charge >= 0.3 is 0 Å². The lowest BCUT2D eigenvalue weighted by atomic mass is 9.59. The molecule has 37 heteroatoms. The lowest BCUT2D eigenvalue weighted by Gasteiger charge is -2.46. The van der Waals surface area contributed by atoms with Crippen molar-refractivity contribution in [2.45, 2.75) is 126 Å². The van der Waals surface area contributed by atoms with Gasteiger partial charge in [-0.15, -0.1) is 0 Å². The maximum atomic E-state index is 13.6. The summed E-state index contributed by atoms with van der Waals surface area (Å²) < 4.78 is 0. The maximum Gasteiger partial charge on any atom is 0.255 e. The van der Waals surface area contributed by atoms with Crippen molar-refractivity contribution in [1.29, 1.82) is 5.26 Å². The van der Waals surface area contributed by atoms with Crippen molar-refractivity contribution >= 4 is 111 Å². The first kappa shape index (κ1) is 97.8. The van der Waals surface area contributed by atoms with Crippen LogP contribution in [0, 0.1) is 82.4 Å². The molecule has 4 saturated carbocycles. The maximum absolute atomic E-state index is 13.6. The Bertz CT molecular complexity index is 7430. The van der Waals surface area contributed by atoms with Crippen molar-refractivity contribution in [2.24, 2.45) is 70.3 Å². The number of Topliss-reactive ketones (excluding diaryl/α,β-unsaturated/α-hetero) is 8. The van der Waals surface area contributed by atoms with Gasteiger partial charge < -0.3 is 115 Å². The van der Waals surface area contributed by atoms with Crippen LogP contribution in [-0.4, -0.2) is 191 Å². The van der Waals surface area contributed by atoms with E-state index in [1.165, 1.54) is 43.3 Å². The third kappa shape index (κ3) is 15.8. The second-order valence-corrected chi connectivity index (χ2v) is 36.7. The van der Waals surface area contributed by atoms with Crippen LogP contribution in [0.25, 0.3) is 45.3 Å². The number of ketones is 8. The zero-order valence-corrected chi connectivity index (χ0v) is 74.9. The van der Waals surface area contributed by atoms with Crippen molar-refractivity contribution < 1.29 is 154 Å². The molecule has 37 nitrogen and oxygen atoms in total. The Morgan fingerprint density at radius 3 is 1.08 bits per heavy atom. The third-order valence-corrected chi connectivity index (χ3v) is 28.6. The molecule has 0 aromatic heterocycles. The summed E-state index contributed by atoms with van der Waals surface area (Å²) in [6.45, 7) is 1.39. The van der Waals surface area contributed by atoms with E-state index in [2.05, 4.69) is 29.0 Å². The van der Waals surface area contributed by atoms with Gasteiger partial charge in [0.1, 0.15) is 103 Å². The number of phenols is 5. The minimum absolute atomic E-state index is 0.00885. The molecule has 0 radical (unpaired) electrons. The van der Waals surface area contributed by atoms with Crippen LogP contribution in [0.1, 0.15) is 149 Å². The summed E-state index contributed by atoms with van der Waals surface area (Å²) in [6.07, 6.45) is 1.63. The fourth-order valence-electron chi connectivity index (χ4n) is 22.1. The van der Waals surface area contributed by atoms with Gasteiger partial charge in [-0.25, -0.2) is 0 Å². The number of nitrogens with two attached hydrogens (primary N) is 4. The fourth-order valence-corrected chi connectivity index (χ4v) is 22.1. The smallest absolute Gasteiger partial charge is 0.255 e. The summed E-state index contributed by atoms with van der Waals surface area (Å²) in [5.41, 5.74) is 13.8. The summed E-state index contributed by atoms with van der Waals surface area (Å²) in [4.78, 5) is 173. The number of fused-ring (bicyclic) bond motifs is 12. The van der Waals surface area contributed by atoms with Crippen LogP contribution in [0.3, 0.4) is 0 Å². The number of carbonyl (C=O) groups excluding carboxylic acids is 14. The van der Waals surface area contributed by atoms with Crippen LogP contribution in [0.5, 0.6) is 28.7 Å². The number of hydrogen-bond donors (Lipinski definition) is 22. The number of aldehydes is 1. The van der Waals surface area contributed by atoms with Gasteiger partial charge in [-0.05, 0) is 193 Å². The molecule has 26 N–H and O–H groups in total. The molecule has 7 aromatic rings. The zero-order valence-electron chi connectivity index (χ0n) is 74.9. The predicted molar refractivity (Wildman–Crippen MR) is 497 cm³/mol. The molecule has 12 aliphatic rings. The van der Waals surface area contributed by atoms with Gasteiger partial charge in [-0.1, -0.05) is 78.3 Å². The molecule has 12 aliphatic carbocycles. The number of benzene rings is 7. The Kier molecular flexibility index (Phi) is 25.2. The number of nitriles is 1. The highest BCUT2D eigenvalue weighted by Crippen LogP contribution is 2.59. The number of primary amides is 4. The van der Waals surface area contributed by atoms with Crippen molar-refractivity contribution in [3.8, 4) is 80.8 Å². The molecule has 4 fully saturated rings. The quantitative estimate of drug-likeness (QED) is 0.0285. The van der Waals surface area contributed by atoms with Gasteiger partial charge in [0.25, 0.3) is 23.6 Å². The molecule has 724 valence electrons. The molecule has 0 spiro atoms. The summed E-state index contributed by atoms with van der Waals surface area (Å²) in [5, 5.41) is 195. The highest BCUT2D eigenvalue weighted by Gasteiger charge is 2.66. The van der Waals surface area contributed by atoms with E-state index in [0.717, 1.165) is 5.56 Å². The normalized spacial score (nSPS) is 25.2. The number of rotatable bonds is 10. The number of aromatic hydroxyl groups is 5. The SMILES string of the molecule is CC(=O)Nc1cccc(-c2ccc(O)c3c2C[C@H]2C[C@H]4CC(=O)C(C(N)=O)=C(O)[C@@]4(O)C(=O)C2=C3O)c1.N#CCCCC#Cc1ccc(O)c2c1C[C@H]1C[C@H]3CC(=O)C(C(N)=O)=C(O)[C@@]3(O)C(=O)C1=C2O.NC(=O)C1=C(O)[C@@]2(O)C(=O)C3=C(O)c4c(O)ccc(-c5ccc(C=O)cc5)c4C[C@H]3C[C@H]2CC1=O.NC(=O)C1=C(O)[C@@]2(O)C(=O)C3=C(O)c4c(O)ccc(C#Cc5cccc(O)c5)c4C[C@H]3C[C@H]2CC1=O. The molecule has 0 heterocycles. The van der Waals surface area contributed by atoms with Gasteiger partial charge in [0, 0.05) is 119 Å². The van der Waals surface area contributed by atoms with Crippen LogP contribution < -0.4 is 28.3 Å². The van der Waals surface area contributed by atoms with E-state index in [1.54, 1.807) is 84.9 Å². The topological polar surface area (TPSA) is 723 Å². The van der Waals surface area contributed by atoms with Crippen LogP contribution in [0.2, 0.25) is 0 Å². The van der Waals surface area contributed by atoms with Crippen molar-refractivity contribution in [3.05, 3.63) is 256 Å². The molecule has 7 aromatic carbocycles. The molecule has 0 bridgehead atoms. The van der Waals surface area contributed by atoms with Crippen LogP contribution in [0.15, 0.2) is 189 Å². The highest BCUT2D eigenvalue weighted by molar-refractivity contribution is 6.26. The molecular formula is C105H88N6O31. The van der Waals surface area contributed by atoms with Gasteiger partial charge in [0.15, 0.2) is 45.5 Å². The number of amides is 5. The second-order valence-electron chi connectivity index (χ2n) is 36.7. The molecule has 0 saturated heterocycles. The fraction of sp³-hybridized carbons (Fsp3) is 0.267. The number of unbranched alkanes of at least 4 members (excludes halogenated alkanes) is 2. The lowest BCUT2D eigenvalue weighted by molar-refractivity contribution is -0.148. The summed E-state index contributed by atoms with van der Waals surface area (Å²) in [5.74, 6) is -15.1. The zero-order chi connectivity index (χ0) is 103. The summed E-state index contributed by atoms with van der Waals surface area (Å²) in [6, 6.07) is 34.0. The summed E-state index contributed by atoms with van der Waals surface area (Å²) in [7, 11) is 0. The average Bonchev–Trinajstić information content (AvgIpc) is 0.719. The van der Waals surface area contributed by atoms with Gasteiger partial charge in [-0.2, -0.15) is 5.26 Å².